The van der Waals surface area contributed by atoms with Gasteiger partial charge in [0.2, 0.25) is 0 Å². The molecule has 0 radical (unpaired) electrons. The Hall–Kier alpha value is -1.85. The average Bonchev–Trinajstić information content (AvgIpc) is 2.97. The van der Waals surface area contributed by atoms with Crippen LogP contribution in [0.5, 0.6) is 0 Å². The Morgan fingerprint density at radius 1 is 1.20 bits per heavy atom. The van der Waals surface area contributed by atoms with Crippen molar-refractivity contribution in [3.63, 3.8) is 0 Å². The molecular weight excluding hydrogens is 270 g/mol. The second kappa shape index (κ2) is 5.64. The van der Waals surface area contributed by atoms with Gasteiger partial charge in [0.15, 0.2) is 0 Å². The molecule has 4 nitrogen and oxygen atoms in total. The van der Waals surface area contributed by atoms with Crippen LogP contribution in [0.1, 0.15) is 9.67 Å². The summed E-state index contributed by atoms with van der Waals surface area (Å²) in [6, 6.07) is 11.7. The summed E-state index contributed by atoms with van der Waals surface area (Å²) >= 11 is 1.53. The summed E-state index contributed by atoms with van der Waals surface area (Å²) in [6.07, 6.45) is 0. The lowest BCUT2D eigenvalue weighted by Gasteiger charge is -2.26. The minimum atomic E-state index is 0.131. The van der Waals surface area contributed by atoms with Gasteiger partial charge in [-0.3, -0.25) is 4.79 Å². The second-order valence-corrected chi connectivity index (χ2v) is 5.92. The minimum absolute atomic E-state index is 0.131. The van der Waals surface area contributed by atoms with E-state index < -0.39 is 0 Å². The number of nitrogens with one attached hydrogen (secondary N) is 1. The second-order valence-electron chi connectivity index (χ2n) is 4.83. The van der Waals surface area contributed by atoms with Gasteiger partial charge in [-0.15, -0.1) is 11.3 Å². The van der Waals surface area contributed by atoms with Crippen LogP contribution >= 0.6 is 11.3 Å². The molecule has 2 heterocycles. The number of nitrogen functional groups attached to an aromatic ring is 1. The van der Waals surface area contributed by atoms with Gasteiger partial charge in [-0.2, -0.15) is 0 Å². The van der Waals surface area contributed by atoms with E-state index in [1.54, 1.807) is 0 Å². The molecule has 104 valence electrons. The Balaban J connectivity index is 1.81. The lowest BCUT2D eigenvalue weighted by Crippen LogP contribution is -2.46. The van der Waals surface area contributed by atoms with Crippen molar-refractivity contribution < 1.29 is 4.79 Å². The standard InChI is InChI=1S/C15H17N3OS/c16-12-3-1-2-11(10-12)13-4-5-14(20-13)15(19)18-8-6-17-7-9-18/h1-5,10,17H,6-9,16H2. The van der Waals surface area contributed by atoms with Gasteiger partial charge in [0, 0.05) is 36.7 Å². The monoisotopic (exact) mass is 287 g/mol. The number of carbonyl (C=O) groups excluding carboxylic acids is 1. The number of nitrogens with zero attached hydrogens (tertiary/aromatic N) is 1. The predicted molar refractivity (Wildman–Crippen MR) is 82.9 cm³/mol. The fourth-order valence-corrected chi connectivity index (χ4v) is 3.29. The van der Waals surface area contributed by atoms with Gasteiger partial charge in [0.05, 0.1) is 4.88 Å². The highest BCUT2D eigenvalue weighted by Crippen LogP contribution is 2.29. The van der Waals surface area contributed by atoms with Crippen molar-refractivity contribution in [3.05, 3.63) is 41.3 Å². The third kappa shape index (κ3) is 2.69. The molecule has 0 atom stereocenters. The first-order valence-electron chi connectivity index (χ1n) is 6.70. The molecule has 0 saturated carbocycles. The third-order valence-electron chi connectivity index (χ3n) is 3.39. The Morgan fingerprint density at radius 3 is 2.75 bits per heavy atom. The van der Waals surface area contributed by atoms with Crippen LogP contribution in [0.25, 0.3) is 10.4 Å². The van der Waals surface area contributed by atoms with Gasteiger partial charge in [-0.05, 0) is 29.8 Å². The number of hydrogen-bond donors (Lipinski definition) is 2. The molecule has 1 fully saturated rings. The van der Waals surface area contributed by atoms with Crippen molar-refractivity contribution in [1.82, 2.24) is 10.2 Å². The van der Waals surface area contributed by atoms with E-state index in [1.807, 2.05) is 41.3 Å². The Labute approximate surface area is 122 Å². The summed E-state index contributed by atoms with van der Waals surface area (Å²) in [5, 5.41) is 3.25. The van der Waals surface area contributed by atoms with Crippen molar-refractivity contribution in [1.29, 1.82) is 0 Å². The molecule has 1 aliphatic rings. The van der Waals surface area contributed by atoms with Crippen LogP contribution in [0, 0.1) is 0 Å². The predicted octanol–water partition coefficient (Wildman–Crippen LogP) is 2.04. The molecule has 5 heteroatoms. The lowest BCUT2D eigenvalue weighted by molar-refractivity contribution is 0.0740. The third-order valence-corrected chi connectivity index (χ3v) is 4.51. The number of anilines is 1. The maximum absolute atomic E-state index is 12.4. The van der Waals surface area contributed by atoms with Gasteiger partial charge in [-0.25, -0.2) is 0 Å². The summed E-state index contributed by atoms with van der Waals surface area (Å²) < 4.78 is 0. The first kappa shape index (κ1) is 13.1. The SMILES string of the molecule is Nc1cccc(-c2ccc(C(=O)N3CCNCC3)s2)c1. The van der Waals surface area contributed by atoms with Gasteiger partial charge in [-0.1, -0.05) is 12.1 Å². The fraction of sp³-hybridized carbons (Fsp3) is 0.267. The highest BCUT2D eigenvalue weighted by atomic mass is 32.1. The number of nitrogens with two attached hydrogens (primary N) is 1. The number of rotatable bonds is 2. The van der Waals surface area contributed by atoms with Gasteiger partial charge in [0.1, 0.15) is 0 Å². The molecule has 0 aliphatic carbocycles. The van der Waals surface area contributed by atoms with E-state index in [0.717, 1.165) is 47.2 Å². The number of thiophene rings is 1. The van der Waals surface area contributed by atoms with Crippen LogP contribution < -0.4 is 11.1 Å². The molecule has 0 spiro atoms. The van der Waals surface area contributed by atoms with Crippen LogP contribution in [0.15, 0.2) is 36.4 Å². The van der Waals surface area contributed by atoms with Gasteiger partial charge < -0.3 is 16.0 Å². The molecule has 20 heavy (non-hydrogen) atoms. The van der Waals surface area contributed by atoms with Crippen molar-refractivity contribution in [2.75, 3.05) is 31.9 Å². The first-order valence-corrected chi connectivity index (χ1v) is 7.51. The Morgan fingerprint density at radius 2 is 2.00 bits per heavy atom. The summed E-state index contributed by atoms with van der Waals surface area (Å²) in [5.74, 6) is 0.131. The highest BCUT2D eigenvalue weighted by Gasteiger charge is 2.19. The molecule has 1 aromatic carbocycles. The maximum Gasteiger partial charge on any atom is 0.264 e. The van der Waals surface area contributed by atoms with E-state index in [4.69, 9.17) is 5.73 Å². The maximum atomic E-state index is 12.4. The molecule has 1 aromatic heterocycles. The van der Waals surface area contributed by atoms with Crippen LogP contribution in [0.2, 0.25) is 0 Å². The molecule has 2 aromatic rings. The van der Waals surface area contributed by atoms with Crippen molar-refractivity contribution in [2.45, 2.75) is 0 Å². The molecule has 1 aliphatic heterocycles. The molecular formula is C15H17N3OS. The quantitative estimate of drug-likeness (QED) is 0.831. The normalized spacial score (nSPS) is 15.3. The minimum Gasteiger partial charge on any atom is -0.399 e. The van der Waals surface area contributed by atoms with E-state index in [1.165, 1.54) is 11.3 Å². The zero-order valence-corrected chi connectivity index (χ0v) is 12.0. The number of carbonyl (C=O) groups is 1. The van der Waals surface area contributed by atoms with Crippen molar-refractivity contribution >= 4 is 22.9 Å². The molecule has 3 rings (SSSR count). The first-order chi connectivity index (χ1) is 9.74. The molecule has 1 amide bonds. The number of amides is 1. The molecule has 0 bridgehead atoms. The number of piperazine rings is 1. The number of hydrogen-bond acceptors (Lipinski definition) is 4. The number of benzene rings is 1. The largest absolute Gasteiger partial charge is 0.399 e. The summed E-state index contributed by atoms with van der Waals surface area (Å²) in [4.78, 5) is 16.2. The Kier molecular flexibility index (Phi) is 3.71. The smallest absolute Gasteiger partial charge is 0.264 e. The lowest BCUT2D eigenvalue weighted by atomic mass is 10.2. The topological polar surface area (TPSA) is 58.4 Å². The van der Waals surface area contributed by atoms with Crippen molar-refractivity contribution in [2.24, 2.45) is 0 Å². The average molecular weight is 287 g/mol. The van der Waals surface area contributed by atoms with Crippen LogP contribution in [-0.4, -0.2) is 37.0 Å². The van der Waals surface area contributed by atoms with E-state index in [2.05, 4.69) is 5.32 Å². The van der Waals surface area contributed by atoms with E-state index >= 15 is 0 Å². The van der Waals surface area contributed by atoms with Crippen LogP contribution in [-0.2, 0) is 0 Å². The van der Waals surface area contributed by atoms with E-state index in [-0.39, 0.29) is 5.91 Å². The van der Waals surface area contributed by atoms with Crippen molar-refractivity contribution in [3.8, 4) is 10.4 Å². The van der Waals surface area contributed by atoms with Gasteiger partial charge >= 0.3 is 0 Å². The van der Waals surface area contributed by atoms with E-state index in [0.29, 0.717) is 0 Å². The summed E-state index contributed by atoms with van der Waals surface area (Å²) in [7, 11) is 0. The highest BCUT2D eigenvalue weighted by molar-refractivity contribution is 7.17. The molecule has 3 N–H and O–H groups in total. The zero-order chi connectivity index (χ0) is 13.9. The van der Waals surface area contributed by atoms with Crippen LogP contribution in [0.4, 0.5) is 5.69 Å². The molecule has 1 saturated heterocycles. The van der Waals surface area contributed by atoms with Crippen LogP contribution in [0.3, 0.4) is 0 Å². The zero-order valence-electron chi connectivity index (χ0n) is 11.1. The summed E-state index contributed by atoms with van der Waals surface area (Å²) in [5.41, 5.74) is 7.61. The molecule has 0 unspecified atom stereocenters. The Bertz CT molecular complexity index is 617. The van der Waals surface area contributed by atoms with E-state index in [9.17, 15) is 4.79 Å². The summed E-state index contributed by atoms with van der Waals surface area (Å²) in [6.45, 7) is 3.31. The van der Waals surface area contributed by atoms with Gasteiger partial charge in [0.25, 0.3) is 5.91 Å². The fourth-order valence-electron chi connectivity index (χ4n) is 2.32.